The number of urea groups is 1. The van der Waals surface area contributed by atoms with Crippen LogP contribution in [-0.2, 0) is 11.2 Å². The van der Waals surface area contributed by atoms with Crippen molar-refractivity contribution in [2.75, 3.05) is 20.7 Å². The largest absolute Gasteiger partial charge is 0.490 e. The third kappa shape index (κ3) is 10.3. The van der Waals surface area contributed by atoms with Gasteiger partial charge in [-0.15, -0.1) is 0 Å². The number of aryl methyl sites for hydroxylation is 1. The summed E-state index contributed by atoms with van der Waals surface area (Å²) in [5, 5.41) is 32.2. The molecule has 9 nitrogen and oxygen atoms in total. The van der Waals surface area contributed by atoms with Crippen LogP contribution in [0, 0.1) is 18.4 Å². The van der Waals surface area contributed by atoms with Crippen molar-refractivity contribution in [2.45, 2.75) is 25.7 Å². The highest BCUT2D eigenvalue weighted by Gasteiger charge is 2.25. The van der Waals surface area contributed by atoms with Crippen LogP contribution in [-0.4, -0.2) is 60.6 Å². The zero-order valence-corrected chi connectivity index (χ0v) is 20.6. The monoisotopic (exact) mass is 508 g/mol. The van der Waals surface area contributed by atoms with Crippen molar-refractivity contribution in [3.63, 3.8) is 0 Å². The molecular formula is C22H27BCl2N4O5. The van der Waals surface area contributed by atoms with Gasteiger partial charge in [0.1, 0.15) is 0 Å². The second kappa shape index (κ2) is 15.0. The van der Waals surface area contributed by atoms with Crippen LogP contribution >= 0.6 is 23.2 Å². The maximum atomic E-state index is 12.1. The van der Waals surface area contributed by atoms with Crippen molar-refractivity contribution in [3.8, 4) is 11.9 Å². The molecule has 1 unspecified atom stereocenters. The first-order valence-corrected chi connectivity index (χ1v) is 11.0. The number of carbonyl (C=O) groups excluding carboxylic acids is 2. The Bertz CT molecular complexity index is 987. The van der Waals surface area contributed by atoms with Crippen LogP contribution < -0.4 is 15.4 Å². The molecule has 0 aliphatic heterocycles. The summed E-state index contributed by atoms with van der Waals surface area (Å²) in [4.78, 5) is 23.7. The molecule has 2 aromatic carbocycles. The van der Waals surface area contributed by atoms with E-state index in [9.17, 15) is 19.6 Å². The summed E-state index contributed by atoms with van der Waals surface area (Å²) in [6, 6.07) is 12.3. The van der Waals surface area contributed by atoms with Crippen molar-refractivity contribution >= 4 is 42.3 Å². The molecule has 12 heteroatoms. The van der Waals surface area contributed by atoms with Crippen LogP contribution in [0.1, 0.15) is 17.5 Å². The van der Waals surface area contributed by atoms with Crippen LogP contribution in [0.25, 0.3) is 0 Å². The van der Waals surface area contributed by atoms with E-state index in [1.165, 1.54) is 11.1 Å². The molecule has 4 N–H and O–H groups in total. The number of benzene rings is 2. The molecule has 34 heavy (non-hydrogen) atoms. The minimum absolute atomic E-state index is 0.0264. The van der Waals surface area contributed by atoms with Gasteiger partial charge in [0.25, 0.3) is 0 Å². The number of rotatable bonds is 8. The summed E-state index contributed by atoms with van der Waals surface area (Å²) in [6.45, 7) is 1.89. The minimum Gasteiger partial charge on any atom is -0.490 e. The first-order valence-electron chi connectivity index (χ1n) is 10.2. The molecular weight excluding hydrogens is 482 g/mol. The van der Waals surface area contributed by atoms with Gasteiger partial charge in [-0.1, -0.05) is 59.6 Å². The lowest BCUT2D eigenvalue weighted by atomic mass is 9.76. The van der Waals surface area contributed by atoms with E-state index in [0.29, 0.717) is 22.2 Å². The predicted octanol–water partition coefficient (Wildman–Crippen LogP) is 2.55. The van der Waals surface area contributed by atoms with Gasteiger partial charge in [-0.2, -0.15) is 5.26 Å². The van der Waals surface area contributed by atoms with Gasteiger partial charge >= 0.3 is 13.1 Å². The van der Waals surface area contributed by atoms with Crippen LogP contribution in [0.4, 0.5) is 4.79 Å². The second-order valence-corrected chi connectivity index (χ2v) is 8.10. The van der Waals surface area contributed by atoms with E-state index in [0.717, 1.165) is 11.1 Å². The highest BCUT2D eigenvalue weighted by molar-refractivity contribution is 6.43. The van der Waals surface area contributed by atoms with Crippen LogP contribution in [0.15, 0.2) is 42.5 Å². The Morgan fingerprint density at radius 1 is 1.18 bits per heavy atom. The van der Waals surface area contributed by atoms with E-state index in [1.807, 2.05) is 42.6 Å². The van der Waals surface area contributed by atoms with Gasteiger partial charge < -0.3 is 25.0 Å². The standard InChI is InChI=1S/C18H20BCl2NO4.C4H7N3O/c1-12-7-8-14(20)18(17(12)21)26-10-9-16(23)22-15(19(24)25)11-13-5-3-2-4-6-13;1-7(2)4(8)6-3-5/h2-8,15,24-25H,9-11H2,1H3,(H,22,23);1-2H3,(H,6,8). The first-order chi connectivity index (χ1) is 16.1. The third-order valence-corrected chi connectivity index (χ3v) is 5.16. The molecule has 2 rings (SSSR count). The van der Waals surface area contributed by atoms with Crippen molar-refractivity contribution in [1.29, 1.82) is 5.26 Å². The lowest BCUT2D eigenvalue weighted by Crippen LogP contribution is -2.48. The fourth-order valence-electron chi connectivity index (χ4n) is 2.55. The molecule has 0 bridgehead atoms. The fourth-order valence-corrected chi connectivity index (χ4v) is 3.03. The van der Waals surface area contributed by atoms with E-state index < -0.39 is 19.1 Å². The summed E-state index contributed by atoms with van der Waals surface area (Å²) in [7, 11) is 1.46. The van der Waals surface area contributed by atoms with Gasteiger partial charge in [-0.3, -0.25) is 4.79 Å². The third-order valence-electron chi connectivity index (χ3n) is 4.39. The van der Waals surface area contributed by atoms with Crippen molar-refractivity contribution in [1.82, 2.24) is 15.5 Å². The zero-order valence-electron chi connectivity index (χ0n) is 19.1. The Kier molecular flexibility index (Phi) is 12.9. The number of nitriles is 1. The number of ether oxygens (including phenoxy) is 1. The van der Waals surface area contributed by atoms with E-state index in [1.54, 1.807) is 26.2 Å². The zero-order chi connectivity index (χ0) is 25.7. The van der Waals surface area contributed by atoms with Gasteiger partial charge in [0.2, 0.25) is 5.91 Å². The Hall–Kier alpha value is -2.97. The molecule has 0 heterocycles. The SMILES string of the molecule is CN(C)C(=O)NC#N.Cc1ccc(Cl)c(OCCC(=O)NC(Cc2ccccc2)B(O)O)c1Cl. The van der Waals surface area contributed by atoms with Gasteiger partial charge in [0.15, 0.2) is 11.9 Å². The summed E-state index contributed by atoms with van der Waals surface area (Å²) in [5.41, 5.74) is 1.71. The van der Waals surface area contributed by atoms with Gasteiger partial charge in [-0.25, -0.2) is 10.1 Å². The van der Waals surface area contributed by atoms with Gasteiger partial charge in [0.05, 0.1) is 29.0 Å². The van der Waals surface area contributed by atoms with E-state index in [2.05, 4.69) is 5.32 Å². The molecule has 0 aromatic heterocycles. The van der Waals surface area contributed by atoms with Crippen molar-refractivity contribution < 1.29 is 24.4 Å². The van der Waals surface area contributed by atoms with Gasteiger partial charge in [-0.05, 0) is 30.5 Å². The van der Waals surface area contributed by atoms with Crippen molar-refractivity contribution in [3.05, 3.63) is 63.6 Å². The molecule has 0 aliphatic carbocycles. The summed E-state index contributed by atoms with van der Waals surface area (Å²) < 4.78 is 5.53. The molecule has 0 fully saturated rings. The van der Waals surface area contributed by atoms with E-state index in [4.69, 9.17) is 33.2 Å². The number of carbonyl (C=O) groups is 2. The molecule has 0 radical (unpaired) electrons. The number of amides is 3. The first kappa shape index (κ1) is 29.1. The lowest BCUT2D eigenvalue weighted by Gasteiger charge is -2.18. The number of halogens is 2. The molecule has 1 atom stereocenters. The quantitative estimate of drug-likeness (QED) is 0.246. The number of nitrogens with one attached hydrogen (secondary N) is 2. The minimum atomic E-state index is -1.67. The Morgan fingerprint density at radius 3 is 2.35 bits per heavy atom. The highest BCUT2D eigenvalue weighted by Crippen LogP contribution is 2.35. The Labute approximate surface area is 209 Å². The van der Waals surface area contributed by atoms with Crippen LogP contribution in [0.5, 0.6) is 5.75 Å². The lowest BCUT2D eigenvalue weighted by molar-refractivity contribution is -0.122. The molecule has 0 saturated heterocycles. The molecule has 0 spiro atoms. The van der Waals surface area contributed by atoms with Crippen LogP contribution in [0.2, 0.25) is 10.0 Å². The van der Waals surface area contributed by atoms with Crippen LogP contribution in [0.3, 0.4) is 0 Å². The molecule has 0 saturated carbocycles. The average molecular weight is 509 g/mol. The number of hydrogen-bond donors (Lipinski definition) is 4. The topological polar surface area (TPSA) is 135 Å². The molecule has 2 aromatic rings. The summed E-state index contributed by atoms with van der Waals surface area (Å²) >= 11 is 12.2. The van der Waals surface area contributed by atoms with Crippen molar-refractivity contribution in [2.24, 2.45) is 0 Å². The average Bonchev–Trinajstić information content (AvgIpc) is 2.79. The Morgan fingerprint density at radius 2 is 1.82 bits per heavy atom. The maximum absolute atomic E-state index is 12.1. The smallest absolute Gasteiger partial charge is 0.475 e. The Balaban J connectivity index is 0.000000620. The molecule has 3 amide bonds. The number of hydrogen-bond acceptors (Lipinski definition) is 6. The predicted molar refractivity (Wildman–Crippen MR) is 131 cm³/mol. The second-order valence-electron chi connectivity index (χ2n) is 7.32. The van der Waals surface area contributed by atoms with E-state index >= 15 is 0 Å². The maximum Gasteiger partial charge on any atom is 0.475 e. The summed E-state index contributed by atoms with van der Waals surface area (Å²) in [5.74, 6) is -0.834. The highest BCUT2D eigenvalue weighted by atomic mass is 35.5. The van der Waals surface area contributed by atoms with Gasteiger partial charge in [0, 0.05) is 14.1 Å². The molecule has 0 aliphatic rings. The normalized spacial score (nSPS) is 10.6. The fraction of sp³-hybridized carbons (Fsp3) is 0.318. The number of nitrogens with zero attached hydrogens (tertiary/aromatic N) is 2. The molecule has 182 valence electrons. The van der Waals surface area contributed by atoms with E-state index in [-0.39, 0.29) is 18.9 Å². The summed E-state index contributed by atoms with van der Waals surface area (Å²) in [6.07, 6.45) is 1.84.